The Morgan fingerprint density at radius 1 is 0.833 bits per heavy atom. The molecule has 9 nitrogen and oxygen atoms in total. The molecule has 0 aromatic heterocycles. The van der Waals surface area contributed by atoms with E-state index in [1.165, 1.54) is 13.8 Å². The second kappa shape index (κ2) is 8.10. The van der Waals surface area contributed by atoms with E-state index in [0.29, 0.717) is 0 Å². The molecule has 0 spiro atoms. The van der Waals surface area contributed by atoms with Crippen molar-refractivity contribution in [2.24, 2.45) is 0 Å². The van der Waals surface area contributed by atoms with Gasteiger partial charge >= 0.3 is 8.25 Å². The van der Waals surface area contributed by atoms with Gasteiger partial charge < -0.3 is 0 Å². The number of rotatable bonds is 10. The fourth-order valence-electron chi connectivity index (χ4n) is 0.480. The molecule has 0 amide bonds. The monoisotopic (exact) mass is 325 g/mol. The third kappa shape index (κ3) is 8.86. The third-order valence-corrected chi connectivity index (χ3v) is 4.44. The zero-order valence-corrected chi connectivity index (χ0v) is 12.3. The maximum Gasteiger partial charge on any atom is 0.702 e. The minimum Gasteiger partial charge on any atom is -0.236 e. The highest BCUT2D eigenvalue weighted by Gasteiger charge is 2.23. The minimum absolute atomic E-state index is 0.258. The zero-order valence-electron chi connectivity index (χ0n) is 9.77. The Kier molecular flexibility index (Phi) is 8.03. The molecule has 0 saturated heterocycles. The summed E-state index contributed by atoms with van der Waals surface area (Å²) in [4.78, 5) is 0. The van der Waals surface area contributed by atoms with Crippen LogP contribution in [0.1, 0.15) is 13.8 Å². The van der Waals surface area contributed by atoms with E-state index in [4.69, 9.17) is 0 Å². The maximum atomic E-state index is 10.9. The largest absolute Gasteiger partial charge is 0.702 e. The molecular weight excluding hydrogens is 311 g/mol. The average molecular weight is 325 g/mol. The Morgan fingerprint density at radius 2 is 1.17 bits per heavy atom. The van der Waals surface area contributed by atoms with Crippen LogP contribution in [0.4, 0.5) is 0 Å². The molecule has 18 heavy (non-hydrogen) atoms. The van der Waals surface area contributed by atoms with Crippen LogP contribution in [0.3, 0.4) is 0 Å². The van der Waals surface area contributed by atoms with Gasteiger partial charge in [-0.25, -0.2) is 8.37 Å². The van der Waals surface area contributed by atoms with E-state index in [1.54, 1.807) is 0 Å². The molecule has 0 atom stereocenters. The van der Waals surface area contributed by atoms with Crippen LogP contribution in [0.2, 0.25) is 0 Å². The molecule has 0 aliphatic rings. The lowest BCUT2D eigenvalue weighted by molar-refractivity contribution is 0.0756. The molecular formula is C6H14O9PS2+. The van der Waals surface area contributed by atoms with Gasteiger partial charge in [-0.1, -0.05) is 9.05 Å². The normalized spacial score (nSPS) is 12.6. The van der Waals surface area contributed by atoms with Gasteiger partial charge in [-0.05, 0) is 13.8 Å². The van der Waals surface area contributed by atoms with Crippen molar-refractivity contribution in [1.29, 1.82) is 0 Å². The van der Waals surface area contributed by atoms with Gasteiger partial charge in [0, 0.05) is 4.57 Å². The second-order valence-corrected chi connectivity index (χ2v) is 7.47. The summed E-state index contributed by atoms with van der Waals surface area (Å²) in [5.74, 6) is -0.516. The highest BCUT2D eigenvalue weighted by Crippen LogP contribution is 2.23. The van der Waals surface area contributed by atoms with Gasteiger partial charge in [-0.15, -0.1) is 0 Å². The Balaban J connectivity index is 3.81. The van der Waals surface area contributed by atoms with Crippen LogP contribution < -0.4 is 0 Å². The van der Waals surface area contributed by atoms with Crippen molar-refractivity contribution in [2.45, 2.75) is 13.8 Å². The van der Waals surface area contributed by atoms with E-state index in [0.717, 1.165) is 0 Å². The van der Waals surface area contributed by atoms with Gasteiger partial charge in [-0.3, -0.25) is 0 Å². The highest BCUT2D eigenvalue weighted by molar-refractivity contribution is 7.86. The molecule has 12 heteroatoms. The SMILES string of the molecule is CCS(=O)(=O)OCO[P+](=O)OCOS(=O)(=O)CC. The first-order chi connectivity index (χ1) is 8.22. The van der Waals surface area contributed by atoms with Crippen molar-refractivity contribution < 1.29 is 38.8 Å². The predicted molar refractivity (Wildman–Crippen MR) is 60.6 cm³/mol. The first-order valence-electron chi connectivity index (χ1n) is 4.69. The second-order valence-electron chi connectivity index (χ2n) is 2.65. The zero-order chi connectivity index (χ0) is 14.2. The highest BCUT2D eigenvalue weighted by atomic mass is 32.2. The minimum atomic E-state index is -3.70. The molecule has 0 rings (SSSR count). The van der Waals surface area contributed by atoms with Crippen LogP contribution in [0.25, 0.3) is 0 Å². The molecule has 0 aliphatic carbocycles. The smallest absolute Gasteiger partial charge is 0.236 e. The summed E-state index contributed by atoms with van der Waals surface area (Å²) in [7, 11) is -10.1. The van der Waals surface area contributed by atoms with Gasteiger partial charge in [0.1, 0.15) is 0 Å². The summed E-state index contributed by atoms with van der Waals surface area (Å²) in [5, 5.41) is 0. The molecule has 0 fully saturated rings. The Morgan fingerprint density at radius 3 is 1.44 bits per heavy atom. The maximum absolute atomic E-state index is 10.9. The average Bonchev–Trinajstić information content (AvgIpc) is 2.28. The van der Waals surface area contributed by atoms with E-state index in [-0.39, 0.29) is 11.5 Å². The lowest BCUT2D eigenvalue weighted by Gasteiger charge is -1.98. The van der Waals surface area contributed by atoms with Crippen molar-refractivity contribution >= 4 is 28.5 Å². The summed E-state index contributed by atoms with van der Waals surface area (Å²) >= 11 is 0. The van der Waals surface area contributed by atoms with Crippen LogP contribution in [-0.4, -0.2) is 41.9 Å². The lowest BCUT2D eigenvalue weighted by Crippen LogP contribution is -2.11. The molecule has 0 bridgehead atoms. The Bertz CT molecular complexity index is 411. The molecule has 0 aliphatic heterocycles. The molecule has 0 unspecified atom stereocenters. The van der Waals surface area contributed by atoms with E-state index in [9.17, 15) is 21.4 Å². The van der Waals surface area contributed by atoms with Crippen LogP contribution in [0.5, 0.6) is 0 Å². The van der Waals surface area contributed by atoms with E-state index < -0.39 is 42.1 Å². The van der Waals surface area contributed by atoms with E-state index >= 15 is 0 Å². The van der Waals surface area contributed by atoms with E-state index in [2.05, 4.69) is 17.4 Å². The van der Waals surface area contributed by atoms with Crippen molar-refractivity contribution in [3.05, 3.63) is 0 Å². The quantitative estimate of drug-likeness (QED) is 0.317. The van der Waals surface area contributed by atoms with Crippen LogP contribution >= 0.6 is 8.25 Å². The van der Waals surface area contributed by atoms with Gasteiger partial charge in [0.2, 0.25) is 13.6 Å². The van der Waals surface area contributed by atoms with Crippen LogP contribution in [0.15, 0.2) is 0 Å². The summed E-state index contributed by atoms with van der Waals surface area (Å²) in [6.45, 7) is 1.14. The topological polar surface area (TPSA) is 122 Å². The van der Waals surface area contributed by atoms with Crippen LogP contribution in [-0.2, 0) is 42.2 Å². The third-order valence-electron chi connectivity index (χ3n) is 1.48. The first kappa shape index (κ1) is 17.8. The molecule has 0 aromatic rings. The fraction of sp³-hybridized carbons (Fsp3) is 1.00. The van der Waals surface area contributed by atoms with Crippen molar-refractivity contribution in [3.63, 3.8) is 0 Å². The van der Waals surface area contributed by atoms with Gasteiger partial charge in [0.25, 0.3) is 20.2 Å². The lowest BCUT2D eigenvalue weighted by atomic mass is 11.0. The van der Waals surface area contributed by atoms with Gasteiger partial charge in [-0.2, -0.15) is 16.8 Å². The van der Waals surface area contributed by atoms with Crippen LogP contribution in [0, 0.1) is 0 Å². The molecule has 0 heterocycles. The molecule has 0 saturated carbocycles. The fourth-order valence-corrected chi connectivity index (χ4v) is 1.70. The standard InChI is InChI=1S/C6H14O9PS2/c1-3-17(8,9)14-5-12-16(7)13-6-15-18(10,11)4-2/h3-6H2,1-2H3/q+1. The van der Waals surface area contributed by atoms with E-state index in [1.807, 2.05) is 0 Å². The first-order valence-corrected chi connectivity index (χ1v) is 8.94. The summed E-state index contributed by atoms with van der Waals surface area (Å²) in [6.07, 6.45) is 0. The Labute approximate surface area is 107 Å². The van der Waals surface area contributed by atoms with Gasteiger partial charge in [0.15, 0.2) is 0 Å². The Hall–Kier alpha value is -0.160. The number of hydrogen-bond acceptors (Lipinski definition) is 9. The summed E-state index contributed by atoms with van der Waals surface area (Å²) in [5.41, 5.74) is 0. The molecule has 0 N–H and O–H groups in total. The number of hydrogen-bond donors (Lipinski definition) is 0. The molecule has 0 aromatic carbocycles. The molecule has 108 valence electrons. The van der Waals surface area contributed by atoms with Crippen molar-refractivity contribution in [1.82, 2.24) is 0 Å². The van der Waals surface area contributed by atoms with Gasteiger partial charge in [0.05, 0.1) is 11.5 Å². The summed E-state index contributed by atoms with van der Waals surface area (Å²) < 4.78 is 71.4. The molecule has 0 radical (unpaired) electrons. The summed E-state index contributed by atoms with van der Waals surface area (Å²) in [6, 6.07) is 0. The predicted octanol–water partition coefficient (Wildman–Crippen LogP) is 0.325. The van der Waals surface area contributed by atoms with Crippen molar-refractivity contribution in [2.75, 3.05) is 25.1 Å². The van der Waals surface area contributed by atoms with Crippen molar-refractivity contribution in [3.8, 4) is 0 Å².